The number of aromatic nitrogens is 2. The summed E-state index contributed by atoms with van der Waals surface area (Å²) in [5, 5.41) is 8.85. The van der Waals surface area contributed by atoms with Gasteiger partial charge in [-0.25, -0.2) is 0 Å². The molecule has 0 fully saturated rings. The number of nitrogens with two attached hydrogens (primary N) is 1. The second kappa shape index (κ2) is 5.95. The number of benzene rings is 1. The number of halogens is 1. The van der Waals surface area contributed by atoms with Crippen LogP contribution in [0.3, 0.4) is 0 Å². The van der Waals surface area contributed by atoms with Gasteiger partial charge in [-0.2, -0.15) is 5.10 Å². The number of ether oxygens (including phenoxy) is 1. The number of hydrogen-bond acceptors (Lipinski definition) is 4. The molecule has 0 amide bonds. The van der Waals surface area contributed by atoms with Crippen LogP contribution in [0.4, 0.5) is 0 Å². The summed E-state index contributed by atoms with van der Waals surface area (Å²) in [5.41, 5.74) is 9.90. The van der Waals surface area contributed by atoms with Crippen LogP contribution in [0.2, 0.25) is 5.02 Å². The van der Waals surface area contributed by atoms with E-state index in [1.165, 1.54) is 0 Å². The van der Waals surface area contributed by atoms with Gasteiger partial charge in [0.2, 0.25) is 5.88 Å². The summed E-state index contributed by atoms with van der Waals surface area (Å²) in [6.07, 6.45) is 0. The van der Waals surface area contributed by atoms with E-state index in [4.69, 9.17) is 34.3 Å². The fourth-order valence-corrected chi connectivity index (χ4v) is 2.37. The van der Waals surface area contributed by atoms with Crippen molar-refractivity contribution in [1.29, 1.82) is 0 Å². The van der Waals surface area contributed by atoms with Gasteiger partial charge in [-0.1, -0.05) is 23.8 Å². The van der Waals surface area contributed by atoms with Crippen LogP contribution in [0.1, 0.15) is 27.9 Å². The third-order valence-corrected chi connectivity index (χ3v) is 4.09. The van der Waals surface area contributed by atoms with Crippen LogP contribution in [-0.4, -0.2) is 15.2 Å². The first-order valence-electron chi connectivity index (χ1n) is 6.39. The number of thiocarbonyl (C=S) groups is 1. The monoisotopic (exact) mass is 321 g/mol. The molecule has 0 saturated carbocycles. The molecule has 0 aliphatic heterocycles. The Labute approximate surface area is 134 Å². The van der Waals surface area contributed by atoms with Gasteiger partial charge in [0.15, 0.2) is 0 Å². The quantitative estimate of drug-likeness (QED) is 0.871. The van der Waals surface area contributed by atoms with E-state index < -0.39 is 0 Å². The lowest BCUT2D eigenvalue weighted by molar-refractivity contribution is 0.452. The zero-order valence-corrected chi connectivity index (χ0v) is 13.9. The predicted octanol–water partition coefficient (Wildman–Crippen LogP) is 3.79. The van der Waals surface area contributed by atoms with Crippen LogP contribution in [-0.2, 0) is 0 Å². The van der Waals surface area contributed by atoms with Crippen molar-refractivity contribution in [2.45, 2.75) is 27.7 Å². The van der Waals surface area contributed by atoms with Crippen molar-refractivity contribution in [2.75, 3.05) is 0 Å². The molecule has 2 aromatic rings. The van der Waals surface area contributed by atoms with E-state index in [2.05, 4.69) is 10.2 Å². The molecule has 0 spiro atoms. The standard InChI is InChI=1S/C15H16ClN3OS/c1-7-5-11(6-8(2)13(7)16)20-15-12(14(17)21)9(3)10(4)18-19-15/h5-6H,1-4H3,(H2,17,21). The first kappa shape index (κ1) is 15.7. The van der Waals surface area contributed by atoms with Crippen molar-refractivity contribution in [1.82, 2.24) is 10.2 Å². The molecule has 0 aliphatic rings. The molecule has 4 nitrogen and oxygen atoms in total. The fraction of sp³-hybridized carbons (Fsp3) is 0.267. The van der Waals surface area contributed by atoms with E-state index in [1.807, 2.05) is 39.8 Å². The minimum Gasteiger partial charge on any atom is -0.437 e. The maximum atomic E-state index is 6.16. The molecule has 2 rings (SSSR count). The van der Waals surface area contributed by atoms with E-state index in [-0.39, 0.29) is 4.99 Å². The number of aryl methyl sites for hydroxylation is 3. The Morgan fingerprint density at radius 1 is 1.14 bits per heavy atom. The van der Waals surface area contributed by atoms with Crippen LogP contribution < -0.4 is 10.5 Å². The molecule has 1 heterocycles. The van der Waals surface area contributed by atoms with E-state index in [1.54, 1.807) is 0 Å². The summed E-state index contributed by atoms with van der Waals surface area (Å²) in [7, 11) is 0. The Morgan fingerprint density at radius 3 is 2.24 bits per heavy atom. The highest BCUT2D eigenvalue weighted by atomic mass is 35.5. The van der Waals surface area contributed by atoms with Crippen molar-refractivity contribution in [3.63, 3.8) is 0 Å². The number of hydrogen-bond donors (Lipinski definition) is 1. The molecule has 0 unspecified atom stereocenters. The van der Waals surface area contributed by atoms with Crippen molar-refractivity contribution < 1.29 is 4.74 Å². The maximum Gasteiger partial charge on any atom is 0.249 e. The van der Waals surface area contributed by atoms with E-state index >= 15 is 0 Å². The second-order valence-corrected chi connectivity index (χ2v) is 5.75. The zero-order chi connectivity index (χ0) is 15.7. The Balaban J connectivity index is 2.50. The molecule has 0 saturated heterocycles. The molecule has 0 aliphatic carbocycles. The van der Waals surface area contributed by atoms with Crippen molar-refractivity contribution in [3.8, 4) is 11.6 Å². The average molecular weight is 322 g/mol. The minimum atomic E-state index is 0.239. The van der Waals surface area contributed by atoms with E-state index in [9.17, 15) is 0 Å². The van der Waals surface area contributed by atoms with Gasteiger partial charge in [-0.3, -0.25) is 0 Å². The Bertz CT molecular complexity index is 708. The number of nitrogens with zero attached hydrogens (tertiary/aromatic N) is 2. The van der Waals surface area contributed by atoms with Crippen LogP contribution in [0.25, 0.3) is 0 Å². The molecule has 6 heteroatoms. The first-order chi connectivity index (χ1) is 9.81. The lowest BCUT2D eigenvalue weighted by atomic mass is 10.1. The van der Waals surface area contributed by atoms with Crippen molar-refractivity contribution in [3.05, 3.63) is 45.1 Å². The van der Waals surface area contributed by atoms with Crippen LogP contribution in [0.15, 0.2) is 12.1 Å². The van der Waals surface area contributed by atoms with Crippen molar-refractivity contribution in [2.24, 2.45) is 5.73 Å². The van der Waals surface area contributed by atoms with E-state index in [0.29, 0.717) is 17.2 Å². The maximum absolute atomic E-state index is 6.16. The van der Waals surface area contributed by atoms with Gasteiger partial charge in [0, 0.05) is 5.02 Å². The molecule has 0 atom stereocenters. The SMILES string of the molecule is Cc1cc(Oc2nnc(C)c(C)c2C(N)=S)cc(C)c1Cl. The molecule has 0 radical (unpaired) electrons. The third-order valence-electron chi connectivity index (χ3n) is 3.29. The lowest BCUT2D eigenvalue weighted by Crippen LogP contribution is -2.15. The van der Waals surface area contributed by atoms with Gasteiger partial charge in [0.25, 0.3) is 0 Å². The van der Waals surface area contributed by atoms with Gasteiger partial charge < -0.3 is 10.5 Å². The van der Waals surface area contributed by atoms with E-state index in [0.717, 1.165) is 27.4 Å². The summed E-state index contributed by atoms with van der Waals surface area (Å²) in [4.78, 5) is 0.239. The summed E-state index contributed by atoms with van der Waals surface area (Å²) < 4.78 is 5.82. The summed E-state index contributed by atoms with van der Waals surface area (Å²) in [6, 6.07) is 3.69. The zero-order valence-electron chi connectivity index (χ0n) is 12.3. The molecular formula is C15H16ClN3OS. The van der Waals surface area contributed by atoms with Crippen molar-refractivity contribution >= 4 is 28.8 Å². The molecule has 2 N–H and O–H groups in total. The average Bonchev–Trinajstić information content (AvgIpc) is 2.40. The molecule has 1 aromatic carbocycles. The van der Waals surface area contributed by atoms with Gasteiger partial charge in [-0.05, 0) is 56.5 Å². The van der Waals surface area contributed by atoms with Crippen LogP contribution in [0.5, 0.6) is 11.6 Å². The molecule has 1 aromatic heterocycles. The first-order valence-corrected chi connectivity index (χ1v) is 7.18. The van der Waals surface area contributed by atoms with Crippen LogP contribution in [0, 0.1) is 27.7 Å². The third kappa shape index (κ3) is 3.14. The van der Waals surface area contributed by atoms with Gasteiger partial charge in [-0.15, -0.1) is 5.10 Å². The van der Waals surface area contributed by atoms with Crippen LogP contribution >= 0.6 is 23.8 Å². The predicted molar refractivity (Wildman–Crippen MR) is 88.4 cm³/mol. The van der Waals surface area contributed by atoms with Gasteiger partial charge in [0.1, 0.15) is 10.7 Å². The topological polar surface area (TPSA) is 61.0 Å². The Kier molecular flexibility index (Phi) is 4.44. The molecule has 0 bridgehead atoms. The molecular weight excluding hydrogens is 306 g/mol. The van der Waals surface area contributed by atoms with Gasteiger partial charge in [0.05, 0.1) is 11.3 Å². The highest BCUT2D eigenvalue weighted by Crippen LogP contribution is 2.30. The largest absolute Gasteiger partial charge is 0.437 e. The minimum absolute atomic E-state index is 0.239. The van der Waals surface area contributed by atoms with Gasteiger partial charge >= 0.3 is 0 Å². The molecule has 110 valence electrons. The number of rotatable bonds is 3. The normalized spacial score (nSPS) is 10.5. The summed E-state index contributed by atoms with van der Waals surface area (Å²) >= 11 is 11.3. The lowest BCUT2D eigenvalue weighted by Gasteiger charge is -2.13. The summed E-state index contributed by atoms with van der Waals surface area (Å²) in [6.45, 7) is 7.58. The molecule has 21 heavy (non-hydrogen) atoms. The fourth-order valence-electron chi connectivity index (χ4n) is 2.03. The Hall–Kier alpha value is -1.72. The highest BCUT2D eigenvalue weighted by molar-refractivity contribution is 7.80. The smallest absolute Gasteiger partial charge is 0.249 e. The Morgan fingerprint density at radius 2 is 1.71 bits per heavy atom. The highest BCUT2D eigenvalue weighted by Gasteiger charge is 2.16. The second-order valence-electron chi connectivity index (χ2n) is 4.93. The summed E-state index contributed by atoms with van der Waals surface area (Å²) in [5.74, 6) is 0.941.